The normalized spacial score (nSPS) is 13.1. The maximum absolute atomic E-state index is 12.5. The van der Waals surface area contributed by atoms with Gasteiger partial charge in [-0.3, -0.25) is 9.59 Å². The first-order chi connectivity index (χ1) is 13.8. The number of hydrogen-bond acceptors (Lipinski definition) is 5. The second-order valence-electron chi connectivity index (χ2n) is 6.62. The van der Waals surface area contributed by atoms with Crippen molar-refractivity contribution in [1.29, 1.82) is 0 Å². The molecule has 0 spiro atoms. The molecule has 0 unspecified atom stereocenters. The fraction of sp³-hybridized carbons (Fsp3) is 0.300. The van der Waals surface area contributed by atoms with Crippen LogP contribution in [0.2, 0.25) is 0 Å². The Kier molecular flexibility index (Phi) is 6.19. The summed E-state index contributed by atoms with van der Waals surface area (Å²) in [5, 5.41) is 2.67. The molecule has 0 radical (unpaired) electrons. The van der Waals surface area contributed by atoms with Gasteiger partial charge in [-0.25, -0.2) is 13.1 Å². The van der Waals surface area contributed by atoms with E-state index in [1.807, 2.05) is 18.2 Å². The fourth-order valence-electron chi connectivity index (χ4n) is 3.22. The van der Waals surface area contributed by atoms with Crippen LogP contribution in [0.1, 0.15) is 18.1 Å². The predicted octanol–water partition coefficient (Wildman–Crippen LogP) is 1.20. The van der Waals surface area contributed by atoms with E-state index in [2.05, 4.69) is 10.0 Å². The number of anilines is 1. The summed E-state index contributed by atoms with van der Waals surface area (Å²) in [5.74, 6) is 0.110. The molecule has 8 nitrogen and oxygen atoms in total. The minimum absolute atomic E-state index is 0.0687. The van der Waals surface area contributed by atoms with Gasteiger partial charge in [-0.2, -0.15) is 0 Å². The van der Waals surface area contributed by atoms with Gasteiger partial charge in [0.1, 0.15) is 5.75 Å². The number of carbonyl (C=O) groups excluding carboxylic acids is 2. The number of hydrogen-bond donors (Lipinski definition) is 2. The molecule has 9 heteroatoms. The third-order valence-electron chi connectivity index (χ3n) is 4.73. The molecule has 0 saturated carbocycles. The van der Waals surface area contributed by atoms with Crippen LogP contribution in [0.5, 0.6) is 5.75 Å². The highest BCUT2D eigenvalue weighted by molar-refractivity contribution is 7.89. The van der Waals surface area contributed by atoms with Crippen molar-refractivity contribution in [1.82, 2.24) is 10.0 Å². The molecule has 2 N–H and O–H groups in total. The van der Waals surface area contributed by atoms with E-state index in [-0.39, 0.29) is 23.9 Å². The lowest BCUT2D eigenvalue weighted by atomic mass is 10.2. The number of para-hydroxylation sites is 1. The number of fused-ring (bicyclic) bond motifs is 1. The average Bonchev–Trinajstić information content (AvgIpc) is 3.14. The first kappa shape index (κ1) is 20.8. The number of nitrogens with zero attached hydrogens (tertiary/aromatic N) is 1. The first-order valence-electron chi connectivity index (χ1n) is 9.11. The van der Waals surface area contributed by atoms with E-state index in [9.17, 15) is 18.0 Å². The van der Waals surface area contributed by atoms with Crippen LogP contribution in [-0.2, 0) is 32.6 Å². The standard InChI is InChI=1S/C20H23N3O5S/c1-14(24)23-10-9-15-11-17(7-8-18(15)23)29(26,27)22-13-20(25)21-12-16-5-3-4-6-19(16)28-2/h3-8,11,22H,9-10,12-13H2,1-2H3,(H,21,25). The number of nitrogens with one attached hydrogen (secondary N) is 2. The predicted molar refractivity (Wildman–Crippen MR) is 108 cm³/mol. The summed E-state index contributed by atoms with van der Waals surface area (Å²) < 4.78 is 32.6. The molecule has 0 atom stereocenters. The second-order valence-corrected chi connectivity index (χ2v) is 8.39. The first-order valence-corrected chi connectivity index (χ1v) is 10.6. The molecule has 1 heterocycles. The van der Waals surface area contributed by atoms with Crippen LogP contribution in [-0.4, -0.2) is 40.4 Å². The number of methoxy groups -OCH3 is 1. The highest BCUT2D eigenvalue weighted by Crippen LogP contribution is 2.30. The molecular weight excluding hydrogens is 394 g/mol. The molecule has 1 aliphatic heterocycles. The maximum Gasteiger partial charge on any atom is 0.241 e. The largest absolute Gasteiger partial charge is 0.496 e. The number of ether oxygens (including phenoxy) is 1. The molecule has 0 bridgehead atoms. The van der Waals surface area contributed by atoms with Crippen molar-refractivity contribution in [2.75, 3.05) is 25.1 Å². The molecule has 154 valence electrons. The average molecular weight is 417 g/mol. The minimum Gasteiger partial charge on any atom is -0.496 e. The molecular formula is C20H23N3O5S. The van der Waals surface area contributed by atoms with Gasteiger partial charge in [-0.15, -0.1) is 0 Å². The van der Waals surface area contributed by atoms with Gasteiger partial charge in [-0.1, -0.05) is 18.2 Å². The van der Waals surface area contributed by atoms with Crippen molar-refractivity contribution < 1.29 is 22.7 Å². The van der Waals surface area contributed by atoms with Crippen molar-refractivity contribution >= 4 is 27.5 Å². The van der Waals surface area contributed by atoms with E-state index in [1.54, 1.807) is 30.2 Å². The van der Waals surface area contributed by atoms with E-state index in [0.29, 0.717) is 18.7 Å². The Labute approximate surface area is 169 Å². The summed E-state index contributed by atoms with van der Waals surface area (Å²) in [6.07, 6.45) is 0.595. The summed E-state index contributed by atoms with van der Waals surface area (Å²) in [7, 11) is -2.31. The van der Waals surface area contributed by atoms with Gasteiger partial charge in [0.2, 0.25) is 21.8 Å². The number of rotatable bonds is 7. The Morgan fingerprint density at radius 1 is 1.17 bits per heavy atom. The van der Waals surface area contributed by atoms with Gasteiger partial charge in [0.15, 0.2) is 0 Å². The van der Waals surface area contributed by atoms with Crippen LogP contribution in [0, 0.1) is 0 Å². The molecule has 0 fully saturated rings. The Balaban J connectivity index is 1.60. The molecule has 0 saturated heterocycles. The zero-order valence-electron chi connectivity index (χ0n) is 16.3. The van der Waals surface area contributed by atoms with Crippen molar-refractivity contribution in [2.45, 2.75) is 24.8 Å². The van der Waals surface area contributed by atoms with Gasteiger partial charge in [0, 0.05) is 31.3 Å². The molecule has 1 aliphatic rings. The topological polar surface area (TPSA) is 105 Å². The van der Waals surface area contributed by atoms with Gasteiger partial charge in [0.25, 0.3) is 0 Å². The second kappa shape index (κ2) is 8.62. The van der Waals surface area contributed by atoms with Crippen LogP contribution in [0.25, 0.3) is 0 Å². The van der Waals surface area contributed by atoms with E-state index in [1.165, 1.54) is 13.0 Å². The van der Waals surface area contributed by atoms with Gasteiger partial charge >= 0.3 is 0 Å². The molecule has 0 aliphatic carbocycles. The SMILES string of the molecule is COc1ccccc1CNC(=O)CNS(=O)(=O)c1ccc2c(c1)CCN2C(C)=O. The lowest BCUT2D eigenvalue weighted by Crippen LogP contribution is -2.36. The van der Waals surface area contributed by atoms with Gasteiger partial charge < -0.3 is 15.0 Å². The highest BCUT2D eigenvalue weighted by atomic mass is 32.2. The third-order valence-corrected chi connectivity index (χ3v) is 6.13. The van der Waals surface area contributed by atoms with Gasteiger partial charge in [0.05, 0.1) is 18.6 Å². The van der Waals surface area contributed by atoms with Gasteiger partial charge in [-0.05, 0) is 36.2 Å². The zero-order chi connectivity index (χ0) is 21.0. The molecule has 2 aromatic rings. The number of benzene rings is 2. The Bertz CT molecular complexity index is 1040. The van der Waals surface area contributed by atoms with E-state index in [4.69, 9.17) is 4.74 Å². The number of carbonyl (C=O) groups is 2. The summed E-state index contributed by atoms with van der Waals surface area (Å²) >= 11 is 0. The summed E-state index contributed by atoms with van der Waals surface area (Å²) in [5.41, 5.74) is 2.31. The monoisotopic (exact) mass is 417 g/mol. The van der Waals surface area contributed by atoms with Crippen LogP contribution in [0.15, 0.2) is 47.4 Å². The summed E-state index contributed by atoms with van der Waals surface area (Å²) in [6.45, 7) is 1.86. The van der Waals surface area contributed by atoms with Crippen molar-refractivity contribution in [3.8, 4) is 5.75 Å². The minimum atomic E-state index is -3.85. The molecule has 0 aromatic heterocycles. The smallest absolute Gasteiger partial charge is 0.241 e. The van der Waals surface area contributed by atoms with Crippen molar-refractivity contribution in [3.63, 3.8) is 0 Å². The molecule has 29 heavy (non-hydrogen) atoms. The lowest BCUT2D eigenvalue weighted by molar-refractivity contribution is -0.120. The molecule has 3 rings (SSSR count). The molecule has 2 aromatic carbocycles. The van der Waals surface area contributed by atoms with E-state index in [0.717, 1.165) is 16.8 Å². The maximum atomic E-state index is 12.5. The Morgan fingerprint density at radius 2 is 1.93 bits per heavy atom. The quantitative estimate of drug-likeness (QED) is 0.704. The number of sulfonamides is 1. The fourth-order valence-corrected chi connectivity index (χ4v) is 4.25. The van der Waals surface area contributed by atoms with Crippen LogP contribution >= 0.6 is 0 Å². The number of amides is 2. The van der Waals surface area contributed by atoms with Crippen molar-refractivity contribution in [3.05, 3.63) is 53.6 Å². The molecule has 2 amide bonds. The van der Waals surface area contributed by atoms with Crippen LogP contribution in [0.3, 0.4) is 0 Å². The highest BCUT2D eigenvalue weighted by Gasteiger charge is 2.25. The third kappa shape index (κ3) is 4.75. The summed E-state index contributed by atoms with van der Waals surface area (Å²) in [4.78, 5) is 25.4. The summed E-state index contributed by atoms with van der Waals surface area (Å²) in [6, 6.07) is 11.9. The van der Waals surface area contributed by atoms with E-state index >= 15 is 0 Å². The van der Waals surface area contributed by atoms with Crippen LogP contribution in [0.4, 0.5) is 5.69 Å². The van der Waals surface area contributed by atoms with Crippen LogP contribution < -0.4 is 19.7 Å². The van der Waals surface area contributed by atoms with E-state index < -0.39 is 15.9 Å². The zero-order valence-corrected chi connectivity index (χ0v) is 17.1. The van der Waals surface area contributed by atoms with Crippen molar-refractivity contribution in [2.24, 2.45) is 0 Å². The Morgan fingerprint density at radius 3 is 2.66 bits per heavy atom. The Hall–Kier alpha value is -2.91. The lowest BCUT2D eigenvalue weighted by Gasteiger charge is -2.15.